The van der Waals surface area contributed by atoms with Crippen molar-refractivity contribution in [2.45, 2.75) is 23.9 Å². The van der Waals surface area contributed by atoms with Gasteiger partial charge in [0.1, 0.15) is 4.90 Å². The van der Waals surface area contributed by atoms with Crippen LogP contribution in [-0.2, 0) is 16.6 Å². The maximum Gasteiger partial charge on any atom is 0.242 e. The molecule has 0 spiro atoms. The topological polar surface area (TPSA) is 49.4 Å². The summed E-state index contributed by atoms with van der Waals surface area (Å²) >= 11 is 11.9. The molecule has 1 unspecified atom stereocenters. The molecule has 0 amide bonds. The Hall–Kier alpha value is -1.11. The largest absolute Gasteiger partial charge is 0.297 e. The van der Waals surface area contributed by atoms with E-state index in [0.717, 1.165) is 19.5 Å². The Balaban J connectivity index is 1.65. The molecule has 0 aromatic heterocycles. The Morgan fingerprint density at radius 1 is 1.12 bits per heavy atom. The van der Waals surface area contributed by atoms with Crippen LogP contribution in [0.5, 0.6) is 0 Å². The molecule has 3 rings (SSSR count). The van der Waals surface area contributed by atoms with Crippen LogP contribution in [-0.4, -0.2) is 32.4 Å². The van der Waals surface area contributed by atoms with Gasteiger partial charge in [0.2, 0.25) is 10.0 Å². The molecular formula is C17H18Cl2N2O2S. The maximum absolute atomic E-state index is 12.6. The van der Waals surface area contributed by atoms with Crippen molar-refractivity contribution in [3.63, 3.8) is 0 Å². The predicted molar refractivity (Wildman–Crippen MR) is 96.9 cm³/mol. The number of hydrogen-bond acceptors (Lipinski definition) is 3. The number of sulfonamides is 1. The van der Waals surface area contributed by atoms with E-state index >= 15 is 0 Å². The molecular weight excluding hydrogens is 367 g/mol. The highest BCUT2D eigenvalue weighted by Crippen LogP contribution is 2.26. The molecule has 128 valence electrons. The summed E-state index contributed by atoms with van der Waals surface area (Å²) in [5, 5.41) is 0.517. The standard InChI is InChI=1S/C17H18Cl2N2O2S/c18-14-6-7-16(19)17(10-14)24(22,23)20-15-8-9-21(12-15)11-13-4-2-1-3-5-13/h1-7,10,15,20H,8-9,11-12H2. The fraction of sp³-hybridized carbons (Fsp3) is 0.294. The quantitative estimate of drug-likeness (QED) is 0.857. The predicted octanol–water partition coefficient (Wildman–Crippen LogP) is 3.55. The number of nitrogens with one attached hydrogen (secondary N) is 1. The van der Waals surface area contributed by atoms with Crippen molar-refractivity contribution in [3.05, 3.63) is 64.1 Å². The molecule has 0 saturated carbocycles. The molecule has 2 aromatic rings. The van der Waals surface area contributed by atoms with E-state index in [4.69, 9.17) is 23.2 Å². The van der Waals surface area contributed by atoms with Gasteiger partial charge in [-0.2, -0.15) is 0 Å². The lowest BCUT2D eigenvalue weighted by atomic mass is 10.2. The minimum Gasteiger partial charge on any atom is -0.297 e. The minimum atomic E-state index is -3.69. The second-order valence-electron chi connectivity index (χ2n) is 5.90. The summed E-state index contributed by atoms with van der Waals surface area (Å²) in [5.74, 6) is 0. The van der Waals surface area contributed by atoms with Crippen LogP contribution in [0.2, 0.25) is 10.0 Å². The smallest absolute Gasteiger partial charge is 0.242 e. The molecule has 7 heteroatoms. The van der Waals surface area contributed by atoms with Crippen LogP contribution in [0, 0.1) is 0 Å². The zero-order chi connectivity index (χ0) is 17.2. The van der Waals surface area contributed by atoms with Crippen molar-refractivity contribution in [3.8, 4) is 0 Å². The third-order valence-electron chi connectivity index (χ3n) is 4.03. The highest BCUT2D eigenvalue weighted by Gasteiger charge is 2.28. The van der Waals surface area contributed by atoms with Crippen molar-refractivity contribution in [2.75, 3.05) is 13.1 Å². The van der Waals surface area contributed by atoms with Gasteiger partial charge in [0.25, 0.3) is 0 Å². The summed E-state index contributed by atoms with van der Waals surface area (Å²) in [5.41, 5.74) is 1.22. The summed E-state index contributed by atoms with van der Waals surface area (Å²) in [4.78, 5) is 2.26. The van der Waals surface area contributed by atoms with Gasteiger partial charge in [-0.15, -0.1) is 0 Å². The SMILES string of the molecule is O=S(=O)(NC1CCN(Cc2ccccc2)C1)c1cc(Cl)ccc1Cl. The summed E-state index contributed by atoms with van der Waals surface area (Å²) in [7, 11) is -3.69. The number of rotatable bonds is 5. The molecule has 4 nitrogen and oxygen atoms in total. The number of nitrogens with zero attached hydrogens (tertiary/aromatic N) is 1. The summed E-state index contributed by atoms with van der Waals surface area (Å²) in [6, 6.07) is 14.5. The zero-order valence-electron chi connectivity index (χ0n) is 13.0. The number of hydrogen-bond donors (Lipinski definition) is 1. The molecule has 1 heterocycles. The lowest BCUT2D eigenvalue weighted by Gasteiger charge is -2.17. The van der Waals surface area contributed by atoms with E-state index in [1.54, 1.807) is 6.07 Å². The van der Waals surface area contributed by atoms with Gasteiger partial charge in [-0.25, -0.2) is 13.1 Å². The molecule has 0 bridgehead atoms. The van der Waals surface area contributed by atoms with E-state index in [1.807, 2.05) is 18.2 Å². The van der Waals surface area contributed by atoms with Crippen LogP contribution in [0.4, 0.5) is 0 Å². The molecule has 1 aliphatic heterocycles. The Kier molecular flexibility index (Phi) is 5.47. The van der Waals surface area contributed by atoms with E-state index in [9.17, 15) is 8.42 Å². The van der Waals surface area contributed by atoms with Crippen LogP contribution in [0.3, 0.4) is 0 Å². The Morgan fingerprint density at radius 2 is 1.88 bits per heavy atom. The van der Waals surface area contributed by atoms with E-state index in [0.29, 0.717) is 11.6 Å². The molecule has 2 aromatic carbocycles. The van der Waals surface area contributed by atoms with Crippen LogP contribution >= 0.6 is 23.2 Å². The third-order valence-corrected chi connectivity index (χ3v) is 6.26. The van der Waals surface area contributed by atoms with Gasteiger partial charge in [-0.1, -0.05) is 53.5 Å². The second kappa shape index (κ2) is 7.42. The molecule has 1 fully saturated rings. The van der Waals surface area contributed by atoms with Gasteiger partial charge in [-0.3, -0.25) is 4.90 Å². The fourth-order valence-electron chi connectivity index (χ4n) is 2.88. The summed E-state index contributed by atoms with van der Waals surface area (Å²) in [6.07, 6.45) is 0.768. The van der Waals surface area contributed by atoms with Crippen LogP contribution < -0.4 is 4.72 Å². The zero-order valence-corrected chi connectivity index (χ0v) is 15.3. The molecule has 0 radical (unpaired) electrons. The molecule has 1 saturated heterocycles. The van der Waals surface area contributed by atoms with E-state index in [2.05, 4.69) is 21.8 Å². The van der Waals surface area contributed by atoms with Gasteiger partial charge in [0, 0.05) is 30.7 Å². The van der Waals surface area contributed by atoms with Crippen molar-refractivity contribution in [2.24, 2.45) is 0 Å². The summed E-state index contributed by atoms with van der Waals surface area (Å²) < 4.78 is 27.8. The fourth-order valence-corrected chi connectivity index (χ4v) is 4.90. The maximum atomic E-state index is 12.6. The van der Waals surface area contributed by atoms with Crippen LogP contribution in [0.1, 0.15) is 12.0 Å². The molecule has 1 N–H and O–H groups in total. The Labute approximate surface area is 152 Å². The van der Waals surface area contributed by atoms with Gasteiger partial charge in [0.15, 0.2) is 0 Å². The number of halogens is 2. The first-order valence-electron chi connectivity index (χ1n) is 7.68. The van der Waals surface area contributed by atoms with Crippen molar-refractivity contribution in [1.82, 2.24) is 9.62 Å². The highest BCUT2D eigenvalue weighted by molar-refractivity contribution is 7.89. The molecule has 24 heavy (non-hydrogen) atoms. The second-order valence-corrected chi connectivity index (χ2v) is 8.43. The average Bonchev–Trinajstić information content (AvgIpc) is 2.97. The van der Waals surface area contributed by atoms with Gasteiger partial charge in [0.05, 0.1) is 5.02 Å². The minimum absolute atomic E-state index is 0.0261. The van der Waals surface area contributed by atoms with Gasteiger partial charge >= 0.3 is 0 Å². The molecule has 1 atom stereocenters. The highest BCUT2D eigenvalue weighted by atomic mass is 35.5. The van der Waals surface area contributed by atoms with E-state index in [1.165, 1.54) is 17.7 Å². The Morgan fingerprint density at radius 3 is 2.62 bits per heavy atom. The lowest BCUT2D eigenvalue weighted by molar-refractivity contribution is 0.324. The first kappa shape index (κ1) is 17.7. The first-order chi connectivity index (χ1) is 11.4. The third kappa shape index (κ3) is 4.29. The molecule has 0 aliphatic carbocycles. The van der Waals surface area contributed by atoms with Crippen LogP contribution in [0.15, 0.2) is 53.4 Å². The first-order valence-corrected chi connectivity index (χ1v) is 9.91. The molecule has 1 aliphatic rings. The van der Waals surface area contributed by atoms with Crippen molar-refractivity contribution < 1.29 is 8.42 Å². The monoisotopic (exact) mass is 384 g/mol. The van der Waals surface area contributed by atoms with Crippen molar-refractivity contribution in [1.29, 1.82) is 0 Å². The average molecular weight is 385 g/mol. The normalized spacial score (nSPS) is 18.8. The van der Waals surface area contributed by atoms with Gasteiger partial charge < -0.3 is 0 Å². The number of benzene rings is 2. The van der Waals surface area contributed by atoms with E-state index in [-0.39, 0.29) is 16.0 Å². The summed E-state index contributed by atoms with van der Waals surface area (Å²) in [6.45, 7) is 2.34. The van der Waals surface area contributed by atoms with E-state index < -0.39 is 10.0 Å². The van der Waals surface area contributed by atoms with Gasteiger partial charge in [-0.05, 0) is 30.2 Å². The van der Waals surface area contributed by atoms with Crippen molar-refractivity contribution >= 4 is 33.2 Å². The lowest BCUT2D eigenvalue weighted by Crippen LogP contribution is -2.37. The van der Waals surface area contributed by atoms with Crippen LogP contribution in [0.25, 0.3) is 0 Å². The number of likely N-dealkylation sites (tertiary alicyclic amines) is 1. The Bertz CT molecular complexity index is 813.